The van der Waals surface area contributed by atoms with Crippen LogP contribution in [0.5, 0.6) is 0 Å². The highest BCUT2D eigenvalue weighted by atomic mass is 32.1. The number of aliphatic hydroxyl groups is 1. The maximum atomic E-state index is 12.8. The molecular formula is C24H23NO4S. The second-order valence-corrected chi connectivity index (χ2v) is 8.02. The summed E-state index contributed by atoms with van der Waals surface area (Å²) >= 11 is 1.66. The quantitative estimate of drug-likeness (QED) is 0.575. The number of ether oxygens (including phenoxy) is 2. The van der Waals surface area contributed by atoms with E-state index in [1.165, 1.54) is 4.88 Å². The number of thiophene rings is 1. The van der Waals surface area contributed by atoms with Crippen LogP contribution < -0.4 is 5.32 Å². The van der Waals surface area contributed by atoms with Crippen LogP contribution >= 0.6 is 11.3 Å². The molecule has 1 aliphatic rings. The normalized spacial score (nSPS) is 18.4. The van der Waals surface area contributed by atoms with Gasteiger partial charge in [-0.1, -0.05) is 48.5 Å². The molecular weight excluding hydrogens is 398 g/mol. The van der Waals surface area contributed by atoms with Crippen LogP contribution in [-0.4, -0.2) is 17.3 Å². The summed E-state index contributed by atoms with van der Waals surface area (Å²) < 4.78 is 11.9. The number of amides is 1. The molecule has 3 aromatic rings. The number of hydrogen-bond donors (Lipinski definition) is 2. The van der Waals surface area contributed by atoms with Crippen LogP contribution in [0.2, 0.25) is 0 Å². The van der Waals surface area contributed by atoms with E-state index in [9.17, 15) is 9.90 Å². The Hall–Kier alpha value is -2.93. The Kier molecular flexibility index (Phi) is 6.59. The van der Waals surface area contributed by atoms with Crippen molar-refractivity contribution in [2.75, 3.05) is 5.32 Å². The van der Waals surface area contributed by atoms with E-state index in [1.54, 1.807) is 11.3 Å². The molecule has 1 amide bonds. The van der Waals surface area contributed by atoms with E-state index in [1.807, 2.05) is 72.1 Å². The maximum Gasteiger partial charge on any atom is 0.290 e. The zero-order valence-electron chi connectivity index (χ0n) is 16.4. The summed E-state index contributed by atoms with van der Waals surface area (Å²) in [5.74, 6) is 0.0320. The maximum absolute atomic E-state index is 12.8. The summed E-state index contributed by atoms with van der Waals surface area (Å²) in [6.45, 7) is 0.376. The Morgan fingerprint density at radius 2 is 1.83 bits per heavy atom. The molecule has 4 rings (SSSR count). The highest BCUT2D eigenvalue weighted by Crippen LogP contribution is 2.34. The van der Waals surface area contributed by atoms with E-state index in [0.29, 0.717) is 18.7 Å². The number of allylic oxidation sites excluding steroid dienone is 1. The lowest BCUT2D eigenvalue weighted by Crippen LogP contribution is -2.29. The van der Waals surface area contributed by atoms with Gasteiger partial charge in [0.05, 0.1) is 13.2 Å². The average Bonchev–Trinajstić information content (AvgIpc) is 3.34. The Balaban J connectivity index is 1.46. The predicted molar refractivity (Wildman–Crippen MR) is 117 cm³/mol. The topological polar surface area (TPSA) is 67.8 Å². The minimum Gasteiger partial charge on any atom is -0.459 e. The van der Waals surface area contributed by atoms with Crippen LogP contribution in [0.3, 0.4) is 0 Å². The van der Waals surface area contributed by atoms with Crippen molar-refractivity contribution in [1.82, 2.24) is 0 Å². The highest BCUT2D eigenvalue weighted by Gasteiger charge is 2.29. The minimum atomic E-state index is -0.531. The van der Waals surface area contributed by atoms with Gasteiger partial charge < -0.3 is 19.9 Å². The van der Waals surface area contributed by atoms with Gasteiger partial charge in [-0.2, -0.15) is 0 Å². The van der Waals surface area contributed by atoms with Crippen LogP contribution in [0.15, 0.2) is 83.9 Å². The molecule has 30 heavy (non-hydrogen) atoms. The van der Waals surface area contributed by atoms with E-state index in [0.717, 1.165) is 11.1 Å². The minimum absolute atomic E-state index is 0.0139. The molecule has 0 bridgehead atoms. The Bertz CT molecular complexity index is 984. The van der Waals surface area contributed by atoms with Crippen LogP contribution in [0, 0.1) is 0 Å². The molecule has 6 heteroatoms. The van der Waals surface area contributed by atoms with Gasteiger partial charge in [0.25, 0.3) is 5.91 Å². The van der Waals surface area contributed by atoms with Crippen molar-refractivity contribution in [2.24, 2.45) is 0 Å². The first-order valence-electron chi connectivity index (χ1n) is 9.80. The number of benzene rings is 2. The SMILES string of the molecule is O=C(Nc1ccccc1)C1=C[C@H](c2cccs2)C[C@H](OCc2ccc(CO)cc2)O1. The van der Waals surface area contributed by atoms with Crippen LogP contribution in [0.25, 0.3) is 0 Å². The zero-order chi connectivity index (χ0) is 20.8. The largest absolute Gasteiger partial charge is 0.459 e. The standard InChI is InChI=1S/C24H23NO4S/c26-15-17-8-10-18(11-9-17)16-28-23-14-19(22-7-4-12-30-22)13-21(29-23)24(27)25-20-5-2-1-3-6-20/h1-13,19,23,26H,14-16H2,(H,25,27)/t19-,23+/m0/s1. The van der Waals surface area contributed by atoms with Crippen molar-refractivity contribution < 1.29 is 19.4 Å². The van der Waals surface area contributed by atoms with Gasteiger partial charge >= 0.3 is 0 Å². The van der Waals surface area contributed by atoms with Gasteiger partial charge in [0.15, 0.2) is 5.76 Å². The second-order valence-electron chi connectivity index (χ2n) is 7.04. The molecule has 0 radical (unpaired) electrons. The lowest BCUT2D eigenvalue weighted by Gasteiger charge is -2.28. The number of nitrogens with one attached hydrogen (secondary N) is 1. The molecule has 5 nitrogen and oxygen atoms in total. The predicted octanol–water partition coefficient (Wildman–Crippen LogP) is 4.81. The molecule has 0 saturated carbocycles. The van der Waals surface area contributed by atoms with E-state index in [4.69, 9.17) is 9.47 Å². The average molecular weight is 422 g/mol. The van der Waals surface area contributed by atoms with Crippen molar-refractivity contribution in [1.29, 1.82) is 0 Å². The van der Waals surface area contributed by atoms with Crippen molar-refractivity contribution in [3.8, 4) is 0 Å². The molecule has 2 aromatic carbocycles. The van der Waals surface area contributed by atoms with Crippen LogP contribution in [0.1, 0.15) is 28.3 Å². The van der Waals surface area contributed by atoms with Crippen molar-refractivity contribution >= 4 is 22.9 Å². The lowest BCUT2D eigenvalue weighted by atomic mass is 9.99. The molecule has 0 unspecified atom stereocenters. The summed E-state index contributed by atoms with van der Waals surface area (Å²) in [7, 11) is 0. The summed E-state index contributed by atoms with van der Waals surface area (Å²) in [6.07, 6.45) is 1.98. The van der Waals surface area contributed by atoms with E-state index in [-0.39, 0.29) is 24.2 Å². The van der Waals surface area contributed by atoms with Gasteiger partial charge in [-0.25, -0.2) is 0 Å². The molecule has 1 aromatic heterocycles. The molecule has 2 N–H and O–H groups in total. The third-order valence-electron chi connectivity index (χ3n) is 4.86. The monoisotopic (exact) mass is 421 g/mol. The number of anilines is 1. The van der Waals surface area contributed by atoms with E-state index < -0.39 is 6.29 Å². The highest BCUT2D eigenvalue weighted by molar-refractivity contribution is 7.10. The van der Waals surface area contributed by atoms with Gasteiger partial charge in [-0.05, 0) is 40.8 Å². The number of rotatable bonds is 7. The van der Waals surface area contributed by atoms with Crippen molar-refractivity contribution in [3.63, 3.8) is 0 Å². The van der Waals surface area contributed by atoms with Crippen LogP contribution in [0.4, 0.5) is 5.69 Å². The third kappa shape index (κ3) is 5.16. The van der Waals surface area contributed by atoms with Crippen molar-refractivity contribution in [3.05, 3.63) is 99.9 Å². The first kappa shape index (κ1) is 20.3. The first-order chi connectivity index (χ1) is 14.7. The number of carbonyl (C=O) groups excluding carboxylic acids is 1. The fourth-order valence-electron chi connectivity index (χ4n) is 3.26. The molecule has 2 atom stereocenters. The molecule has 0 spiro atoms. The number of carbonyl (C=O) groups is 1. The second kappa shape index (κ2) is 9.71. The van der Waals surface area contributed by atoms with E-state index in [2.05, 4.69) is 11.4 Å². The molecule has 1 aliphatic heterocycles. The van der Waals surface area contributed by atoms with Gasteiger partial charge in [-0.15, -0.1) is 11.3 Å². The Morgan fingerprint density at radius 3 is 2.53 bits per heavy atom. The van der Waals surface area contributed by atoms with E-state index >= 15 is 0 Å². The Morgan fingerprint density at radius 1 is 1.07 bits per heavy atom. The van der Waals surface area contributed by atoms with Crippen molar-refractivity contribution in [2.45, 2.75) is 31.8 Å². The number of aliphatic hydroxyl groups excluding tert-OH is 1. The summed E-state index contributed by atoms with van der Waals surface area (Å²) in [4.78, 5) is 14.0. The zero-order valence-corrected chi connectivity index (χ0v) is 17.2. The summed E-state index contributed by atoms with van der Waals surface area (Å²) in [6, 6.07) is 21.0. The number of para-hydroxylation sites is 1. The smallest absolute Gasteiger partial charge is 0.290 e. The summed E-state index contributed by atoms with van der Waals surface area (Å²) in [5.41, 5.74) is 2.55. The molecule has 0 aliphatic carbocycles. The molecule has 154 valence electrons. The first-order valence-corrected chi connectivity index (χ1v) is 10.7. The van der Waals surface area contributed by atoms with Gasteiger partial charge in [0.1, 0.15) is 0 Å². The molecule has 0 saturated heterocycles. The number of hydrogen-bond acceptors (Lipinski definition) is 5. The Labute approximate surface area is 179 Å². The third-order valence-corrected chi connectivity index (χ3v) is 5.87. The fraction of sp³-hybridized carbons (Fsp3) is 0.208. The lowest BCUT2D eigenvalue weighted by molar-refractivity contribution is -0.147. The van der Waals surface area contributed by atoms with Gasteiger partial charge in [0.2, 0.25) is 6.29 Å². The van der Waals surface area contributed by atoms with Gasteiger partial charge in [0, 0.05) is 22.9 Å². The molecule has 2 heterocycles. The van der Waals surface area contributed by atoms with Gasteiger partial charge in [-0.3, -0.25) is 4.79 Å². The molecule has 0 fully saturated rings. The fourth-order valence-corrected chi connectivity index (χ4v) is 4.07. The van der Waals surface area contributed by atoms with Crippen LogP contribution in [-0.2, 0) is 27.5 Å². The summed E-state index contributed by atoms with van der Waals surface area (Å²) in [5, 5.41) is 14.1.